The largest absolute Gasteiger partial charge is 0.337 e. The third-order valence-corrected chi connectivity index (χ3v) is 5.43. The fraction of sp³-hybridized carbons (Fsp3) is 0.182. The average Bonchev–Trinajstić information content (AvgIpc) is 3.42. The molecule has 0 saturated carbocycles. The zero-order chi connectivity index (χ0) is 19.8. The Labute approximate surface area is 172 Å². The van der Waals surface area contributed by atoms with Gasteiger partial charge in [0.05, 0.1) is 0 Å². The summed E-state index contributed by atoms with van der Waals surface area (Å²) in [5.74, 6) is 0.781. The number of aromatic nitrogens is 3. The molecule has 0 bridgehead atoms. The molecular formula is C22H17ClN4O2. The number of carbonyl (C=O) groups is 1. The van der Waals surface area contributed by atoms with Crippen LogP contribution in [0.25, 0.3) is 22.2 Å². The maximum Gasteiger partial charge on any atom is 0.273 e. The van der Waals surface area contributed by atoms with Gasteiger partial charge in [0.2, 0.25) is 11.7 Å². The van der Waals surface area contributed by atoms with Crippen molar-refractivity contribution in [3.05, 3.63) is 77.4 Å². The minimum atomic E-state index is -0.260. The van der Waals surface area contributed by atoms with E-state index in [9.17, 15) is 4.79 Å². The third kappa shape index (κ3) is 3.25. The lowest BCUT2D eigenvalue weighted by atomic mass is 10.1. The Morgan fingerprint density at radius 1 is 1.14 bits per heavy atom. The van der Waals surface area contributed by atoms with Crippen LogP contribution >= 0.6 is 11.6 Å². The van der Waals surface area contributed by atoms with Crippen molar-refractivity contribution in [1.82, 2.24) is 20.0 Å². The van der Waals surface area contributed by atoms with E-state index in [0.717, 1.165) is 29.2 Å². The second kappa shape index (κ2) is 7.29. The summed E-state index contributed by atoms with van der Waals surface area (Å²) in [6.45, 7) is 0.628. The van der Waals surface area contributed by atoms with Crippen LogP contribution in [0.4, 0.5) is 0 Å². The van der Waals surface area contributed by atoms with Gasteiger partial charge in [-0.3, -0.25) is 9.78 Å². The molecule has 4 aromatic rings. The molecule has 5 rings (SSSR count). The van der Waals surface area contributed by atoms with Crippen molar-refractivity contribution in [3.63, 3.8) is 0 Å². The van der Waals surface area contributed by atoms with E-state index < -0.39 is 0 Å². The van der Waals surface area contributed by atoms with Gasteiger partial charge in [-0.15, -0.1) is 0 Å². The van der Waals surface area contributed by atoms with Gasteiger partial charge in [0.25, 0.3) is 5.91 Å². The van der Waals surface area contributed by atoms with Crippen molar-refractivity contribution in [2.45, 2.75) is 18.9 Å². The van der Waals surface area contributed by atoms with Gasteiger partial charge in [-0.05, 0) is 36.4 Å². The molecule has 0 spiro atoms. The number of rotatable bonds is 3. The SMILES string of the molecule is O=C(c1nccc2ccccc12)N1CCCC1c1nc(-c2cccc(Cl)c2)no1. The number of fused-ring (bicyclic) bond motifs is 1. The second-order valence-corrected chi connectivity index (χ2v) is 7.44. The van der Waals surface area contributed by atoms with Crippen LogP contribution in [0.5, 0.6) is 0 Å². The Morgan fingerprint density at radius 3 is 2.93 bits per heavy atom. The maximum atomic E-state index is 13.3. The first-order chi connectivity index (χ1) is 14.2. The van der Waals surface area contributed by atoms with Gasteiger partial charge in [0.15, 0.2) is 0 Å². The number of hydrogen-bond donors (Lipinski definition) is 0. The van der Waals surface area contributed by atoms with Crippen LogP contribution < -0.4 is 0 Å². The topological polar surface area (TPSA) is 72.1 Å². The molecule has 0 N–H and O–H groups in total. The number of benzene rings is 2. The van der Waals surface area contributed by atoms with Crippen molar-refractivity contribution in [1.29, 1.82) is 0 Å². The summed E-state index contributed by atoms with van der Waals surface area (Å²) in [6.07, 6.45) is 3.31. The monoisotopic (exact) mass is 404 g/mol. The van der Waals surface area contributed by atoms with Crippen LogP contribution in [0.2, 0.25) is 5.02 Å². The highest BCUT2D eigenvalue weighted by molar-refractivity contribution is 6.30. The molecule has 0 radical (unpaired) electrons. The lowest BCUT2D eigenvalue weighted by Crippen LogP contribution is -2.31. The number of nitrogens with zero attached hydrogens (tertiary/aromatic N) is 4. The maximum absolute atomic E-state index is 13.3. The molecule has 1 aliphatic heterocycles. The van der Waals surface area contributed by atoms with E-state index in [4.69, 9.17) is 16.1 Å². The predicted octanol–water partition coefficient (Wildman–Crippen LogP) is 4.92. The van der Waals surface area contributed by atoms with Gasteiger partial charge in [-0.25, -0.2) is 0 Å². The highest BCUT2D eigenvalue weighted by Crippen LogP contribution is 2.34. The van der Waals surface area contributed by atoms with E-state index in [1.807, 2.05) is 42.5 Å². The highest BCUT2D eigenvalue weighted by atomic mass is 35.5. The van der Waals surface area contributed by atoms with Gasteiger partial charge in [-0.2, -0.15) is 4.98 Å². The first-order valence-electron chi connectivity index (χ1n) is 9.45. The molecule has 2 aromatic heterocycles. The summed E-state index contributed by atoms with van der Waals surface area (Å²) in [7, 11) is 0. The lowest BCUT2D eigenvalue weighted by molar-refractivity contribution is 0.0706. The van der Waals surface area contributed by atoms with Crippen molar-refractivity contribution < 1.29 is 9.32 Å². The van der Waals surface area contributed by atoms with Crippen molar-refractivity contribution >= 4 is 28.3 Å². The zero-order valence-corrected chi connectivity index (χ0v) is 16.2. The molecule has 1 fully saturated rings. The first-order valence-corrected chi connectivity index (χ1v) is 9.83. The number of pyridine rings is 1. The fourth-order valence-corrected chi connectivity index (χ4v) is 4.00. The second-order valence-electron chi connectivity index (χ2n) is 7.00. The van der Waals surface area contributed by atoms with Crippen molar-refractivity contribution in [2.75, 3.05) is 6.54 Å². The normalized spacial score (nSPS) is 16.4. The molecule has 2 aromatic carbocycles. The van der Waals surface area contributed by atoms with Gasteiger partial charge in [-0.1, -0.05) is 53.2 Å². The third-order valence-electron chi connectivity index (χ3n) is 5.20. The predicted molar refractivity (Wildman–Crippen MR) is 109 cm³/mol. The van der Waals surface area contributed by atoms with Crippen molar-refractivity contribution in [3.8, 4) is 11.4 Å². The smallest absolute Gasteiger partial charge is 0.273 e. The molecule has 1 amide bonds. The number of amides is 1. The van der Waals surface area contributed by atoms with E-state index in [2.05, 4.69) is 15.1 Å². The Kier molecular flexibility index (Phi) is 4.48. The minimum Gasteiger partial charge on any atom is -0.337 e. The van der Waals surface area contributed by atoms with Crippen LogP contribution in [0, 0.1) is 0 Å². The van der Waals surface area contributed by atoms with Crippen LogP contribution in [-0.4, -0.2) is 32.5 Å². The van der Waals surface area contributed by atoms with E-state index in [1.54, 1.807) is 23.2 Å². The molecule has 1 unspecified atom stereocenters. The van der Waals surface area contributed by atoms with Crippen LogP contribution in [0.1, 0.15) is 35.3 Å². The standard InChI is InChI=1S/C22H17ClN4O2/c23-16-7-3-6-15(13-16)20-25-21(29-26-20)18-9-4-12-27(18)22(28)19-17-8-2-1-5-14(17)10-11-24-19/h1-3,5-8,10-11,13,18H,4,9,12H2. The number of likely N-dealkylation sites (tertiary alicyclic amines) is 1. The molecule has 3 heterocycles. The van der Waals surface area contributed by atoms with Gasteiger partial charge in [0.1, 0.15) is 11.7 Å². The Hall–Kier alpha value is -3.25. The van der Waals surface area contributed by atoms with E-state index >= 15 is 0 Å². The number of hydrogen-bond acceptors (Lipinski definition) is 5. The van der Waals surface area contributed by atoms with E-state index in [1.165, 1.54) is 0 Å². The molecule has 144 valence electrons. The minimum absolute atomic E-state index is 0.119. The molecule has 6 nitrogen and oxygen atoms in total. The molecule has 7 heteroatoms. The van der Waals surface area contributed by atoms with E-state index in [-0.39, 0.29) is 11.9 Å². The molecule has 1 atom stereocenters. The zero-order valence-electron chi connectivity index (χ0n) is 15.5. The first kappa shape index (κ1) is 17.8. The summed E-state index contributed by atoms with van der Waals surface area (Å²) in [4.78, 5) is 24.0. The quantitative estimate of drug-likeness (QED) is 0.484. The molecule has 1 aliphatic rings. The van der Waals surface area contributed by atoms with Crippen LogP contribution in [-0.2, 0) is 0 Å². The summed E-state index contributed by atoms with van der Waals surface area (Å²) < 4.78 is 5.53. The van der Waals surface area contributed by atoms with Crippen LogP contribution in [0.15, 0.2) is 65.3 Å². The van der Waals surface area contributed by atoms with Gasteiger partial charge >= 0.3 is 0 Å². The van der Waals surface area contributed by atoms with Crippen LogP contribution in [0.3, 0.4) is 0 Å². The number of halogens is 1. The Morgan fingerprint density at radius 2 is 2.03 bits per heavy atom. The van der Waals surface area contributed by atoms with Gasteiger partial charge < -0.3 is 9.42 Å². The average molecular weight is 405 g/mol. The summed E-state index contributed by atoms with van der Waals surface area (Å²) in [5.41, 5.74) is 1.23. The molecule has 29 heavy (non-hydrogen) atoms. The molecule has 0 aliphatic carbocycles. The molecule has 1 saturated heterocycles. The summed E-state index contributed by atoms with van der Waals surface area (Å²) in [5, 5.41) is 6.53. The van der Waals surface area contributed by atoms with Crippen molar-refractivity contribution in [2.24, 2.45) is 0 Å². The summed E-state index contributed by atoms with van der Waals surface area (Å²) >= 11 is 6.06. The Balaban J connectivity index is 1.47. The fourth-order valence-electron chi connectivity index (χ4n) is 3.81. The van der Waals surface area contributed by atoms with Gasteiger partial charge in [0, 0.05) is 28.7 Å². The summed E-state index contributed by atoms with van der Waals surface area (Å²) in [6, 6.07) is 16.7. The molecular weight excluding hydrogens is 388 g/mol. The number of carbonyl (C=O) groups excluding carboxylic acids is 1. The van der Waals surface area contributed by atoms with E-state index in [0.29, 0.717) is 29.0 Å². The lowest BCUT2D eigenvalue weighted by Gasteiger charge is -2.22. The highest BCUT2D eigenvalue weighted by Gasteiger charge is 2.35. The Bertz CT molecular complexity index is 1200.